The molecule has 1 saturated heterocycles. The molecule has 0 N–H and O–H groups in total. The fourth-order valence-corrected chi connectivity index (χ4v) is 5.07. The number of fused-ring (bicyclic) bond motifs is 1. The first-order valence-electron chi connectivity index (χ1n) is 9.89. The highest BCUT2D eigenvalue weighted by Gasteiger charge is 2.23. The van der Waals surface area contributed by atoms with Crippen molar-refractivity contribution >= 4 is 50.6 Å². The highest BCUT2D eigenvalue weighted by atomic mass is 35.5. The van der Waals surface area contributed by atoms with Gasteiger partial charge in [0.25, 0.3) is 0 Å². The number of benzene rings is 2. The van der Waals surface area contributed by atoms with Gasteiger partial charge in [0.1, 0.15) is 6.07 Å². The smallest absolute Gasteiger partial charge is 0.232 e. The summed E-state index contributed by atoms with van der Waals surface area (Å²) in [7, 11) is 0. The van der Waals surface area contributed by atoms with Gasteiger partial charge >= 0.3 is 0 Å². The number of morpholine rings is 1. The molecule has 0 saturated carbocycles. The van der Waals surface area contributed by atoms with Crippen LogP contribution in [0.25, 0.3) is 27.4 Å². The zero-order chi connectivity index (χ0) is 21.2. The molecule has 0 amide bonds. The van der Waals surface area contributed by atoms with Gasteiger partial charge in [-0.2, -0.15) is 5.26 Å². The standard InChI is InChI=1S/C23H18ClN5OS/c24-21-18-8-4-5-9-19(18)31-20(21)14-16(15-25)22-26-27-23(28-10-12-30-13-11-28)29(22)17-6-2-1-3-7-17/h1-9,14H,10-13H2/b16-14+. The normalized spacial score (nSPS) is 14.7. The molecular formula is C23H18ClN5OS. The minimum Gasteiger partial charge on any atom is -0.378 e. The Morgan fingerprint density at radius 1 is 1.06 bits per heavy atom. The van der Waals surface area contributed by atoms with Gasteiger partial charge in [0, 0.05) is 28.1 Å². The minimum atomic E-state index is 0.407. The number of nitriles is 1. The molecule has 2 aromatic heterocycles. The zero-order valence-electron chi connectivity index (χ0n) is 16.5. The second-order valence-electron chi connectivity index (χ2n) is 7.04. The van der Waals surface area contributed by atoms with Gasteiger partial charge in [-0.15, -0.1) is 21.5 Å². The molecule has 0 radical (unpaired) electrons. The van der Waals surface area contributed by atoms with E-state index in [1.807, 2.05) is 59.2 Å². The van der Waals surface area contributed by atoms with Crippen molar-refractivity contribution in [1.29, 1.82) is 5.26 Å². The average Bonchev–Trinajstić information content (AvgIpc) is 3.40. The molecule has 0 unspecified atom stereocenters. The number of rotatable bonds is 4. The zero-order valence-corrected chi connectivity index (χ0v) is 18.1. The molecule has 1 fully saturated rings. The fraction of sp³-hybridized carbons (Fsp3) is 0.174. The monoisotopic (exact) mass is 447 g/mol. The Balaban J connectivity index is 1.66. The second-order valence-corrected chi connectivity index (χ2v) is 8.50. The van der Waals surface area contributed by atoms with E-state index in [2.05, 4.69) is 21.2 Å². The molecule has 0 aliphatic carbocycles. The molecule has 1 aliphatic rings. The molecule has 1 aliphatic heterocycles. The summed E-state index contributed by atoms with van der Waals surface area (Å²) in [5.74, 6) is 1.19. The third-order valence-electron chi connectivity index (χ3n) is 5.15. The maximum Gasteiger partial charge on any atom is 0.232 e. The van der Waals surface area contributed by atoms with Crippen LogP contribution in [0.2, 0.25) is 5.02 Å². The number of hydrogen-bond donors (Lipinski definition) is 0. The number of ether oxygens (including phenoxy) is 1. The molecule has 0 spiro atoms. The summed E-state index contributed by atoms with van der Waals surface area (Å²) >= 11 is 8.18. The van der Waals surface area contributed by atoms with E-state index in [0.717, 1.165) is 33.7 Å². The van der Waals surface area contributed by atoms with Crippen LogP contribution in [-0.2, 0) is 4.74 Å². The van der Waals surface area contributed by atoms with E-state index in [1.165, 1.54) is 0 Å². The molecule has 0 atom stereocenters. The number of aromatic nitrogens is 3. The lowest BCUT2D eigenvalue weighted by atomic mass is 10.2. The van der Waals surface area contributed by atoms with Crippen LogP contribution in [-0.4, -0.2) is 41.1 Å². The Hall–Kier alpha value is -3.18. The van der Waals surface area contributed by atoms with Gasteiger partial charge in [-0.1, -0.05) is 48.0 Å². The maximum absolute atomic E-state index is 10.0. The molecule has 31 heavy (non-hydrogen) atoms. The first kappa shape index (κ1) is 19.8. The topological polar surface area (TPSA) is 67.0 Å². The predicted molar refractivity (Wildman–Crippen MR) is 125 cm³/mol. The lowest BCUT2D eigenvalue weighted by Gasteiger charge is -2.28. The molecule has 6 nitrogen and oxygen atoms in total. The minimum absolute atomic E-state index is 0.407. The average molecular weight is 448 g/mol. The van der Waals surface area contributed by atoms with Crippen molar-refractivity contribution in [2.75, 3.05) is 31.2 Å². The summed E-state index contributed by atoms with van der Waals surface area (Å²) in [6.45, 7) is 2.71. The number of hydrogen-bond acceptors (Lipinski definition) is 6. The van der Waals surface area contributed by atoms with Crippen LogP contribution in [0.1, 0.15) is 10.7 Å². The van der Waals surface area contributed by atoms with E-state index in [9.17, 15) is 5.26 Å². The van der Waals surface area contributed by atoms with Crippen LogP contribution in [0.5, 0.6) is 0 Å². The summed E-state index contributed by atoms with van der Waals surface area (Å²) in [6, 6.07) is 20.1. The predicted octanol–water partition coefficient (Wildman–Crippen LogP) is 5.04. The van der Waals surface area contributed by atoms with Crippen LogP contribution >= 0.6 is 22.9 Å². The van der Waals surface area contributed by atoms with E-state index in [4.69, 9.17) is 16.3 Å². The van der Waals surface area contributed by atoms with Crippen LogP contribution in [0.3, 0.4) is 0 Å². The van der Waals surface area contributed by atoms with Gasteiger partial charge in [0.05, 0.1) is 29.5 Å². The van der Waals surface area contributed by atoms with Crippen molar-refractivity contribution in [1.82, 2.24) is 14.8 Å². The van der Waals surface area contributed by atoms with Gasteiger partial charge in [-0.05, 0) is 24.3 Å². The molecule has 2 aromatic carbocycles. The molecule has 4 aromatic rings. The Kier molecular flexibility index (Phi) is 5.43. The summed E-state index contributed by atoms with van der Waals surface area (Å²) in [6.07, 6.45) is 1.81. The Morgan fingerprint density at radius 3 is 2.55 bits per heavy atom. The summed E-state index contributed by atoms with van der Waals surface area (Å²) in [5.41, 5.74) is 1.30. The quantitative estimate of drug-likeness (QED) is 0.410. The number of halogens is 1. The van der Waals surface area contributed by atoms with Crippen molar-refractivity contribution in [3.63, 3.8) is 0 Å². The number of anilines is 1. The Bertz CT molecular complexity index is 1300. The first-order valence-corrected chi connectivity index (χ1v) is 11.1. The van der Waals surface area contributed by atoms with E-state index in [1.54, 1.807) is 17.4 Å². The third kappa shape index (κ3) is 3.70. The van der Waals surface area contributed by atoms with E-state index in [0.29, 0.717) is 35.6 Å². The highest BCUT2D eigenvalue weighted by Crippen LogP contribution is 2.37. The third-order valence-corrected chi connectivity index (χ3v) is 6.79. The van der Waals surface area contributed by atoms with Crippen molar-refractivity contribution in [2.24, 2.45) is 0 Å². The Labute approximate surface area is 188 Å². The fourth-order valence-electron chi connectivity index (χ4n) is 3.64. The molecule has 5 rings (SSSR count). The Morgan fingerprint density at radius 2 is 1.81 bits per heavy atom. The number of para-hydroxylation sites is 1. The molecule has 3 heterocycles. The largest absolute Gasteiger partial charge is 0.378 e. The van der Waals surface area contributed by atoms with Crippen molar-refractivity contribution in [3.05, 3.63) is 70.3 Å². The highest BCUT2D eigenvalue weighted by molar-refractivity contribution is 7.20. The summed E-state index contributed by atoms with van der Waals surface area (Å²) in [4.78, 5) is 2.96. The molecular weight excluding hydrogens is 430 g/mol. The lowest BCUT2D eigenvalue weighted by Crippen LogP contribution is -2.38. The summed E-state index contributed by atoms with van der Waals surface area (Å²) < 4.78 is 8.50. The van der Waals surface area contributed by atoms with Crippen LogP contribution in [0, 0.1) is 11.3 Å². The van der Waals surface area contributed by atoms with Gasteiger partial charge in [0.2, 0.25) is 5.95 Å². The van der Waals surface area contributed by atoms with Crippen molar-refractivity contribution in [2.45, 2.75) is 0 Å². The van der Waals surface area contributed by atoms with Gasteiger partial charge in [0.15, 0.2) is 5.82 Å². The van der Waals surface area contributed by atoms with E-state index in [-0.39, 0.29) is 0 Å². The first-order chi connectivity index (χ1) is 15.3. The van der Waals surface area contributed by atoms with Gasteiger partial charge < -0.3 is 9.64 Å². The number of nitrogens with zero attached hydrogens (tertiary/aromatic N) is 5. The van der Waals surface area contributed by atoms with Crippen molar-refractivity contribution in [3.8, 4) is 11.8 Å². The lowest BCUT2D eigenvalue weighted by molar-refractivity contribution is 0.122. The van der Waals surface area contributed by atoms with Gasteiger partial charge in [-0.25, -0.2) is 0 Å². The SMILES string of the molecule is N#C/C(=C\c1sc2ccccc2c1Cl)c1nnc(N2CCOCC2)n1-c1ccccc1. The second kappa shape index (κ2) is 8.52. The van der Waals surface area contributed by atoms with E-state index < -0.39 is 0 Å². The van der Waals surface area contributed by atoms with Crippen molar-refractivity contribution < 1.29 is 4.74 Å². The molecule has 154 valence electrons. The number of allylic oxidation sites excluding steroid dienone is 1. The maximum atomic E-state index is 10.0. The molecule has 0 bridgehead atoms. The van der Waals surface area contributed by atoms with Crippen LogP contribution in [0.4, 0.5) is 5.95 Å². The van der Waals surface area contributed by atoms with Gasteiger partial charge in [-0.3, -0.25) is 4.57 Å². The van der Waals surface area contributed by atoms with Crippen LogP contribution < -0.4 is 4.90 Å². The van der Waals surface area contributed by atoms with Crippen LogP contribution in [0.15, 0.2) is 54.6 Å². The van der Waals surface area contributed by atoms with E-state index >= 15 is 0 Å². The summed E-state index contributed by atoms with van der Waals surface area (Å²) in [5, 5.41) is 20.5. The molecule has 8 heteroatoms. The number of thiophene rings is 1.